The average Bonchev–Trinajstić information content (AvgIpc) is 3.02. The number of nitrogens with zero attached hydrogens (tertiary/aromatic N) is 2. The predicted octanol–water partition coefficient (Wildman–Crippen LogP) is 3.16. The van der Waals surface area contributed by atoms with Gasteiger partial charge >= 0.3 is 5.97 Å². The highest BCUT2D eigenvalue weighted by molar-refractivity contribution is 7.07. The van der Waals surface area contributed by atoms with E-state index in [2.05, 4.69) is 4.99 Å². The Morgan fingerprint density at radius 3 is 2.77 bits per heavy atom. The van der Waals surface area contributed by atoms with Gasteiger partial charge in [0.2, 0.25) is 0 Å². The number of fused-ring (bicyclic) bond motifs is 1. The summed E-state index contributed by atoms with van der Waals surface area (Å²) in [4.78, 5) is 31.3. The SMILES string of the molecule is CCOC(=O)C1=C(C)N=c2sc(=Cc3cccc(O)c3)c(=O)n2C1c1ccccc1Cl. The molecule has 1 atom stereocenters. The average molecular weight is 455 g/mol. The van der Waals surface area contributed by atoms with E-state index >= 15 is 0 Å². The van der Waals surface area contributed by atoms with Gasteiger partial charge in [-0.2, -0.15) is 0 Å². The first-order valence-corrected chi connectivity index (χ1v) is 10.8. The number of thiazole rings is 1. The van der Waals surface area contributed by atoms with Crippen molar-refractivity contribution in [2.45, 2.75) is 19.9 Å². The van der Waals surface area contributed by atoms with E-state index in [4.69, 9.17) is 16.3 Å². The fraction of sp³-hybridized carbons (Fsp3) is 0.174. The summed E-state index contributed by atoms with van der Waals surface area (Å²) >= 11 is 7.69. The molecule has 0 amide bonds. The van der Waals surface area contributed by atoms with Gasteiger partial charge < -0.3 is 9.84 Å². The third-order valence-electron chi connectivity index (χ3n) is 4.88. The molecule has 158 valence electrons. The van der Waals surface area contributed by atoms with E-state index in [0.717, 1.165) is 0 Å². The zero-order valence-electron chi connectivity index (χ0n) is 16.8. The number of halogens is 1. The van der Waals surface area contributed by atoms with Crippen LogP contribution in [-0.4, -0.2) is 22.2 Å². The Hall–Kier alpha value is -3.16. The lowest BCUT2D eigenvalue weighted by Crippen LogP contribution is -2.40. The Morgan fingerprint density at radius 2 is 2.06 bits per heavy atom. The summed E-state index contributed by atoms with van der Waals surface area (Å²) in [6, 6.07) is 13.0. The molecule has 3 aromatic rings. The highest BCUT2D eigenvalue weighted by Gasteiger charge is 2.34. The number of phenolic OH excluding ortho intramolecular Hbond substituents is 1. The van der Waals surface area contributed by atoms with Crippen LogP contribution in [0.5, 0.6) is 5.75 Å². The van der Waals surface area contributed by atoms with Crippen LogP contribution in [0.2, 0.25) is 5.02 Å². The van der Waals surface area contributed by atoms with Crippen molar-refractivity contribution in [3.05, 3.63) is 95.6 Å². The quantitative estimate of drug-likeness (QED) is 0.614. The van der Waals surface area contributed by atoms with Crippen molar-refractivity contribution in [3.63, 3.8) is 0 Å². The summed E-state index contributed by atoms with van der Waals surface area (Å²) in [7, 11) is 0. The van der Waals surface area contributed by atoms with Crippen molar-refractivity contribution in [1.82, 2.24) is 4.57 Å². The number of hydrogen-bond donors (Lipinski definition) is 1. The van der Waals surface area contributed by atoms with E-state index in [-0.39, 0.29) is 23.5 Å². The van der Waals surface area contributed by atoms with Crippen molar-refractivity contribution < 1.29 is 14.6 Å². The first kappa shape index (κ1) is 21.1. The number of rotatable bonds is 4. The van der Waals surface area contributed by atoms with Gasteiger partial charge in [0, 0.05) is 5.02 Å². The smallest absolute Gasteiger partial charge is 0.338 e. The minimum Gasteiger partial charge on any atom is -0.508 e. The molecular weight excluding hydrogens is 436 g/mol. The zero-order valence-corrected chi connectivity index (χ0v) is 18.4. The summed E-state index contributed by atoms with van der Waals surface area (Å²) in [5.74, 6) is -0.424. The van der Waals surface area contributed by atoms with E-state index in [0.29, 0.717) is 31.2 Å². The molecule has 2 aromatic carbocycles. The van der Waals surface area contributed by atoms with Crippen LogP contribution in [0.4, 0.5) is 0 Å². The molecule has 6 nitrogen and oxygen atoms in total. The zero-order chi connectivity index (χ0) is 22.1. The molecule has 8 heteroatoms. The number of aromatic hydroxyl groups is 1. The predicted molar refractivity (Wildman–Crippen MR) is 120 cm³/mol. The first-order chi connectivity index (χ1) is 14.9. The van der Waals surface area contributed by atoms with Gasteiger partial charge in [0.05, 0.1) is 22.4 Å². The number of ether oxygens (including phenoxy) is 1. The van der Waals surface area contributed by atoms with E-state index in [9.17, 15) is 14.7 Å². The van der Waals surface area contributed by atoms with Gasteiger partial charge in [-0.25, -0.2) is 9.79 Å². The van der Waals surface area contributed by atoms with Gasteiger partial charge in [-0.3, -0.25) is 9.36 Å². The summed E-state index contributed by atoms with van der Waals surface area (Å²) in [5, 5.41) is 10.2. The third kappa shape index (κ3) is 3.94. The normalized spacial score (nSPS) is 16.1. The Morgan fingerprint density at radius 1 is 1.29 bits per heavy atom. The maximum atomic E-state index is 13.4. The molecule has 1 unspecified atom stereocenters. The molecule has 0 aliphatic carbocycles. The van der Waals surface area contributed by atoms with E-state index in [1.165, 1.54) is 15.9 Å². The van der Waals surface area contributed by atoms with Gasteiger partial charge in [-0.05, 0) is 49.2 Å². The number of phenols is 1. The van der Waals surface area contributed by atoms with Gasteiger partial charge in [0.15, 0.2) is 4.80 Å². The first-order valence-electron chi connectivity index (χ1n) is 9.64. The van der Waals surface area contributed by atoms with Crippen LogP contribution in [0.25, 0.3) is 6.08 Å². The van der Waals surface area contributed by atoms with Gasteiger partial charge in [0.25, 0.3) is 5.56 Å². The summed E-state index contributed by atoms with van der Waals surface area (Å²) in [6.45, 7) is 3.65. The number of hydrogen-bond acceptors (Lipinski definition) is 6. The molecule has 2 heterocycles. The van der Waals surface area contributed by atoms with Crippen LogP contribution in [0.15, 0.2) is 69.6 Å². The topological polar surface area (TPSA) is 80.9 Å². The van der Waals surface area contributed by atoms with E-state index < -0.39 is 12.0 Å². The molecule has 1 N–H and O–H groups in total. The Kier molecular flexibility index (Phi) is 5.80. The molecule has 4 rings (SSSR count). The molecule has 1 aliphatic rings. The standard InChI is InChI=1S/C23H19ClN2O4S/c1-3-30-22(29)19-13(2)25-23-26(20(19)16-9-4-5-10-17(16)24)21(28)18(31-23)12-14-7-6-8-15(27)11-14/h4-12,20,27H,3H2,1-2H3. The second kappa shape index (κ2) is 8.53. The highest BCUT2D eigenvalue weighted by atomic mass is 35.5. The Balaban J connectivity index is 1.99. The summed E-state index contributed by atoms with van der Waals surface area (Å²) < 4.78 is 7.18. The molecule has 0 saturated carbocycles. The van der Waals surface area contributed by atoms with Crippen molar-refractivity contribution in [3.8, 4) is 5.75 Å². The fourth-order valence-corrected chi connectivity index (χ4v) is 4.83. The molecule has 0 bridgehead atoms. The van der Waals surface area contributed by atoms with Crippen LogP contribution in [0, 0.1) is 0 Å². The molecule has 1 aromatic heterocycles. The van der Waals surface area contributed by atoms with E-state index in [1.54, 1.807) is 62.4 Å². The van der Waals surface area contributed by atoms with Gasteiger partial charge in [-0.15, -0.1) is 0 Å². The number of aromatic nitrogens is 1. The van der Waals surface area contributed by atoms with Crippen LogP contribution in [-0.2, 0) is 9.53 Å². The van der Waals surface area contributed by atoms with E-state index in [1.807, 2.05) is 6.07 Å². The lowest BCUT2D eigenvalue weighted by molar-refractivity contribution is -0.139. The second-order valence-corrected chi connectivity index (χ2v) is 8.34. The third-order valence-corrected chi connectivity index (χ3v) is 6.21. The van der Waals surface area contributed by atoms with Crippen molar-refractivity contribution in [2.75, 3.05) is 6.61 Å². The van der Waals surface area contributed by atoms with Gasteiger partial charge in [0.1, 0.15) is 11.8 Å². The lowest BCUT2D eigenvalue weighted by Gasteiger charge is -2.25. The second-order valence-electron chi connectivity index (χ2n) is 6.92. The maximum absolute atomic E-state index is 13.4. The highest BCUT2D eigenvalue weighted by Crippen LogP contribution is 2.34. The van der Waals surface area contributed by atoms with Crippen molar-refractivity contribution >= 4 is 35.0 Å². The Labute approximate surface area is 187 Å². The molecule has 0 fully saturated rings. The number of carbonyl (C=O) groups excluding carboxylic acids is 1. The number of benzene rings is 2. The summed E-state index contributed by atoms with van der Waals surface area (Å²) in [6.07, 6.45) is 1.69. The molecule has 0 saturated heterocycles. The summed E-state index contributed by atoms with van der Waals surface area (Å²) in [5.41, 5.74) is 1.76. The van der Waals surface area contributed by atoms with Crippen molar-refractivity contribution in [1.29, 1.82) is 0 Å². The van der Waals surface area contributed by atoms with Crippen LogP contribution < -0.4 is 14.9 Å². The monoisotopic (exact) mass is 454 g/mol. The minimum absolute atomic E-state index is 0.107. The van der Waals surface area contributed by atoms with Gasteiger partial charge in [-0.1, -0.05) is 53.3 Å². The minimum atomic E-state index is -0.754. The van der Waals surface area contributed by atoms with Crippen LogP contribution in [0.3, 0.4) is 0 Å². The van der Waals surface area contributed by atoms with Crippen molar-refractivity contribution in [2.24, 2.45) is 4.99 Å². The number of carbonyl (C=O) groups is 1. The fourth-order valence-electron chi connectivity index (χ4n) is 3.55. The number of esters is 1. The maximum Gasteiger partial charge on any atom is 0.338 e. The van der Waals surface area contributed by atoms with Crippen LogP contribution in [0.1, 0.15) is 31.0 Å². The molecule has 0 radical (unpaired) electrons. The number of allylic oxidation sites excluding steroid dienone is 1. The molecule has 31 heavy (non-hydrogen) atoms. The molecular formula is C23H19ClN2O4S. The Bertz CT molecular complexity index is 1390. The molecule has 1 aliphatic heterocycles. The molecule has 0 spiro atoms. The lowest BCUT2D eigenvalue weighted by atomic mass is 9.96. The largest absolute Gasteiger partial charge is 0.508 e. The van der Waals surface area contributed by atoms with Crippen LogP contribution >= 0.6 is 22.9 Å².